The van der Waals surface area contributed by atoms with Gasteiger partial charge in [0.05, 0.1) is 21.5 Å². The zero-order chi connectivity index (χ0) is 19.7. The fourth-order valence-electron chi connectivity index (χ4n) is 3.60. The third kappa shape index (κ3) is 3.33. The van der Waals surface area contributed by atoms with Crippen molar-refractivity contribution in [3.8, 4) is 16.3 Å². The Morgan fingerprint density at radius 3 is 2.64 bits per heavy atom. The number of carbonyl (C=O) groups is 2. The SMILES string of the molecule is CC1(C(=O)O)CCCN(C(=O)c2cn(-c3ccccc3)nc2-c2cccs2)C1. The fourth-order valence-corrected chi connectivity index (χ4v) is 4.32. The lowest BCUT2D eigenvalue weighted by molar-refractivity contribution is -0.150. The van der Waals surface area contributed by atoms with E-state index in [9.17, 15) is 14.7 Å². The van der Waals surface area contributed by atoms with Crippen LogP contribution < -0.4 is 0 Å². The number of carboxylic acid groups (broad SMARTS) is 1. The molecule has 4 rings (SSSR count). The van der Waals surface area contributed by atoms with Crippen molar-refractivity contribution in [2.24, 2.45) is 5.41 Å². The molecule has 0 aliphatic carbocycles. The molecule has 3 heterocycles. The molecule has 144 valence electrons. The molecular formula is C21H21N3O3S. The summed E-state index contributed by atoms with van der Waals surface area (Å²) in [5, 5.41) is 16.2. The van der Waals surface area contributed by atoms with E-state index in [-0.39, 0.29) is 12.5 Å². The van der Waals surface area contributed by atoms with Crippen molar-refractivity contribution in [2.75, 3.05) is 13.1 Å². The largest absolute Gasteiger partial charge is 0.481 e. The maximum absolute atomic E-state index is 13.4. The number of carboxylic acids is 1. The van der Waals surface area contributed by atoms with Crippen LogP contribution >= 0.6 is 11.3 Å². The van der Waals surface area contributed by atoms with Gasteiger partial charge in [-0.15, -0.1) is 11.3 Å². The van der Waals surface area contributed by atoms with Crippen LogP contribution in [-0.2, 0) is 4.79 Å². The Morgan fingerprint density at radius 1 is 1.18 bits per heavy atom. The summed E-state index contributed by atoms with van der Waals surface area (Å²) < 4.78 is 1.71. The van der Waals surface area contributed by atoms with Crippen LogP contribution in [-0.4, -0.2) is 44.8 Å². The van der Waals surface area contributed by atoms with Crippen molar-refractivity contribution in [1.29, 1.82) is 0 Å². The van der Waals surface area contributed by atoms with Gasteiger partial charge in [-0.1, -0.05) is 24.3 Å². The molecule has 2 aromatic heterocycles. The van der Waals surface area contributed by atoms with Gasteiger partial charge in [0.1, 0.15) is 5.69 Å². The summed E-state index contributed by atoms with van der Waals surface area (Å²) in [7, 11) is 0. The van der Waals surface area contributed by atoms with Gasteiger partial charge < -0.3 is 10.0 Å². The predicted octanol–water partition coefficient (Wildman–Crippen LogP) is 3.93. The van der Waals surface area contributed by atoms with E-state index >= 15 is 0 Å². The highest BCUT2D eigenvalue weighted by Crippen LogP contribution is 2.33. The monoisotopic (exact) mass is 395 g/mol. The number of rotatable bonds is 4. The molecule has 28 heavy (non-hydrogen) atoms. The zero-order valence-electron chi connectivity index (χ0n) is 15.5. The van der Waals surface area contributed by atoms with Crippen LogP contribution in [0.2, 0.25) is 0 Å². The number of hydrogen-bond acceptors (Lipinski definition) is 4. The third-order valence-electron chi connectivity index (χ3n) is 5.22. The molecule has 1 atom stereocenters. The summed E-state index contributed by atoms with van der Waals surface area (Å²) in [4.78, 5) is 27.6. The van der Waals surface area contributed by atoms with Gasteiger partial charge in [-0.3, -0.25) is 9.59 Å². The molecule has 7 heteroatoms. The van der Waals surface area contributed by atoms with Crippen molar-refractivity contribution < 1.29 is 14.7 Å². The highest BCUT2D eigenvalue weighted by molar-refractivity contribution is 7.13. The lowest BCUT2D eigenvalue weighted by Gasteiger charge is -2.37. The first-order valence-corrected chi connectivity index (χ1v) is 10.1. The Hall–Kier alpha value is -2.93. The second-order valence-electron chi connectivity index (χ2n) is 7.34. The molecule has 1 aromatic carbocycles. The van der Waals surface area contributed by atoms with Crippen molar-refractivity contribution >= 4 is 23.2 Å². The summed E-state index contributed by atoms with van der Waals surface area (Å²) in [5.74, 6) is -1.03. The number of carbonyl (C=O) groups excluding carboxylic acids is 1. The summed E-state index contributed by atoms with van der Waals surface area (Å²) in [5.41, 5.74) is 1.09. The van der Waals surface area contributed by atoms with Crippen molar-refractivity contribution in [3.63, 3.8) is 0 Å². The Balaban J connectivity index is 1.73. The quantitative estimate of drug-likeness (QED) is 0.726. The van der Waals surface area contributed by atoms with Gasteiger partial charge in [0.15, 0.2) is 0 Å². The minimum atomic E-state index is -0.910. The summed E-state index contributed by atoms with van der Waals surface area (Å²) in [6.07, 6.45) is 3.00. The number of benzene rings is 1. The maximum Gasteiger partial charge on any atom is 0.311 e. The van der Waals surface area contributed by atoms with Crippen LogP contribution in [0.1, 0.15) is 30.1 Å². The van der Waals surface area contributed by atoms with Gasteiger partial charge >= 0.3 is 5.97 Å². The number of nitrogens with zero attached hydrogens (tertiary/aromatic N) is 3. The number of amides is 1. The summed E-state index contributed by atoms with van der Waals surface area (Å²) in [6.45, 7) is 2.48. The van der Waals surface area contributed by atoms with Gasteiger partial charge in [0.25, 0.3) is 5.91 Å². The van der Waals surface area contributed by atoms with Crippen LogP contribution in [0.25, 0.3) is 16.3 Å². The molecule has 1 saturated heterocycles. The van der Waals surface area contributed by atoms with Crippen molar-refractivity contribution in [1.82, 2.24) is 14.7 Å². The van der Waals surface area contributed by atoms with E-state index < -0.39 is 11.4 Å². The van der Waals surface area contributed by atoms with E-state index in [1.54, 1.807) is 22.7 Å². The summed E-state index contributed by atoms with van der Waals surface area (Å²) >= 11 is 1.53. The third-order valence-corrected chi connectivity index (χ3v) is 6.10. The van der Waals surface area contributed by atoms with Crippen LogP contribution in [0.15, 0.2) is 54.0 Å². The van der Waals surface area contributed by atoms with Crippen molar-refractivity contribution in [3.05, 3.63) is 59.6 Å². The number of hydrogen-bond donors (Lipinski definition) is 1. The maximum atomic E-state index is 13.4. The highest BCUT2D eigenvalue weighted by Gasteiger charge is 2.40. The number of thiophene rings is 1. The normalized spacial score (nSPS) is 19.5. The number of piperidine rings is 1. The molecule has 6 nitrogen and oxygen atoms in total. The molecule has 1 aliphatic heterocycles. The van der Waals surface area contributed by atoms with E-state index in [0.717, 1.165) is 10.6 Å². The minimum absolute atomic E-state index is 0.169. The summed E-state index contributed by atoms with van der Waals surface area (Å²) in [6, 6.07) is 13.5. The lowest BCUT2D eigenvalue weighted by Crippen LogP contribution is -2.48. The Bertz CT molecular complexity index is 997. The molecule has 1 aliphatic rings. The van der Waals surface area contributed by atoms with E-state index in [4.69, 9.17) is 0 Å². The second kappa shape index (κ2) is 7.24. The van der Waals surface area contributed by atoms with Gasteiger partial charge in [-0.2, -0.15) is 5.10 Å². The molecule has 3 aromatic rings. The van der Waals surface area contributed by atoms with E-state index in [1.807, 2.05) is 47.8 Å². The fraction of sp³-hybridized carbons (Fsp3) is 0.286. The molecule has 1 unspecified atom stereocenters. The Labute approximate surface area is 167 Å². The topological polar surface area (TPSA) is 75.4 Å². The second-order valence-corrected chi connectivity index (χ2v) is 8.29. The Morgan fingerprint density at radius 2 is 1.96 bits per heavy atom. The molecule has 1 amide bonds. The molecule has 0 saturated carbocycles. The molecule has 1 N–H and O–H groups in total. The van der Waals surface area contributed by atoms with Crippen LogP contribution in [0, 0.1) is 5.41 Å². The number of aliphatic carboxylic acids is 1. The van der Waals surface area contributed by atoms with E-state index in [0.29, 0.717) is 30.6 Å². The van der Waals surface area contributed by atoms with E-state index in [2.05, 4.69) is 5.10 Å². The highest BCUT2D eigenvalue weighted by atomic mass is 32.1. The van der Waals surface area contributed by atoms with Gasteiger partial charge in [-0.05, 0) is 43.3 Å². The first-order valence-electron chi connectivity index (χ1n) is 9.19. The first kappa shape index (κ1) is 18.4. The van der Waals surface area contributed by atoms with Gasteiger partial charge in [0, 0.05) is 19.3 Å². The average molecular weight is 395 g/mol. The molecule has 0 bridgehead atoms. The molecule has 1 fully saturated rings. The molecule has 0 spiro atoms. The number of likely N-dealkylation sites (tertiary alicyclic amines) is 1. The number of para-hydroxylation sites is 1. The predicted molar refractivity (Wildman–Crippen MR) is 108 cm³/mol. The lowest BCUT2D eigenvalue weighted by atomic mass is 9.82. The standard InChI is InChI=1S/C21H21N3O3S/c1-21(20(26)27)10-6-11-23(14-21)19(25)16-13-24(15-7-3-2-4-8-15)22-18(16)17-9-5-12-28-17/h2-5,7-9,12-13H,6,10-11,14H2,1H3,(H,26,27). The van der Waals surface area contributed by atoms with Gasteiger partial charge in [-0.25, -0.2) is 4.68 Å². The average Bonchev–Trinajstić information content (AvgIpc) is 3.38. The van der Waals surface area contributed by atoms with E-state index in [1.165, 1.54) is 11.3 Å². The Kier molecular flexibility index (Phi) is 4.77. The molecule has 0 radical (unpaired) electrons. The van der Waals surface area contributed by atoms with Gasteiger partial charge in [0.2, 0.25) is 0 Å². The van der Waals surface area contributed by atoms with Crippen LogP contribution in [0.3, 0.4) is 0 Å². The smallest absolute Gasteiger partial charge is 0.311 e. The minimum Gasteiger partial charge on any atom is -0.481 e. The van der Waals surface area contributed by atoms with Crippen LogP contribution in [0.5, 0.6) is 0 Å². The first-order chi connectivity index (χ1) is 13.5. The zero-order valence-corrected chi connectivity index (χ0v) is 16.4. The van der Waals surface area contributed by atoms with Crippen LogP contribution in [0.4, 0.5) is 0 Å². The number of aromatic nitrogens is 2. The van der Waals surface area contributed by atoms with Crippen molar-refractivity contribution in [2.45, 2.75) is 19.8 Å². The molecular weight excluding hydrogens is 374 g/mol.